The number of piperazine rings is 1. The minimum atomic E-state index is -0.985. The second kappa shape index (κ2) is 15.8. The molecule has 10 nitrogen and oxygen atoms in total. The topological polar surface area (TPSA) is 94.5 Å². The Balaban J connectivity index is 1.39. The molecule has 3 aromatic rings. The van der Waals surface area contributed by atoms with Crippen LogP contribution in [0, 0.1) is 5.92 Å². The first-order chi connectivity index (χ1) is 25.7. The zero-order valence-corrected chi connectivity index (χ0v) is 33.9. The number of amidine groups is 1. The number of allylic oxidation sites excluding steroid dienone is 3. The molecule has 0 N–H and O–H groups in total. The van der Waals surface area contributed by atoms with Crippen molar-refractivity contribution in [2.75, 3.05) is 50.8 Å². The molecule has 4 heterocycles. The van der Waals surface area contributed by atoms with Gasteiger partial charge in [-0.3, -0.25) is 29.6 Å². The van der Waals surface area contributed by atoms with Gasteiger partial charge in [0, 0.05) is 78.3 Å². The molecule has 1 unspecified atom stereocenters. The highest BCUT2D eigenvalue weighted by molar-refractivity contribution is 6.31. The molecule has 3 aliphatic rings. The number of urea groups is 1. The smallest absolute Gasteiger partial charge is 0.326 e. The Morgan fingerprint density at radius 3 is 2.33 bits per heavy atom. The Kier molecular flexibility index (Phi) is 11.6. The first kappa shape index (κ1) is 39.4. The Morgan fingerprint density at radius 2 is 1.74 bits per heavy atom. The monoisotopic (exact) mass is 771 g/mol. The highest BCUT2D eigenvalue weighted by Crippen LogP contribution is 2.54. The number of amides is 3. The second-order valence-electron chi connectivity index (χ2n) is 15.4. The van der Waals surface area contributed by atoms with Crippen LogP contribution in [0.15, 0.2) is 89.3 Å². The van der Waals surface area contributed by atoms with Crippen molar-refractivity contribution in [3.8, 4) is 5.75 Å². The normalized spacial score (nSPS) is 23.2. The number of carbonyl (C=O) groups is 2. The zero-order chi connectivity index (χ0) is 38.8. The predicted molar refractivity (Wildman–Crippen MR) is 217 cm³/mol. The van der Waals surface area contributed by atoms with Gasteiger partial charge in [0.2, 0.25) is 5.91 Å². The van der Waals surface area contributed by atoms with E-state index in [0.717, 1.165) is 16.9 Å². The standard InChI is InChI=1S/C42H51Cl2N7O3/c1-8-50(33-11-10-20-45-26-33)37(52)28-48-21-23-49(24-22-48)39(53)51-38(34-27-46-36(40(3,4)5)25-35(34)54-9-2)47-41(6,29-12-16-31(43)17-13-29)42(51,7)30-14-18-32(44)19-15-30/h10-12,14-20,25-27,29H,8-9,13,21-24,28H2,1-7H3/t29?,41-,42+/m0/s1. The number of pyridine rings is 2. The highest BCUT2D eigenvalue weighted by atomic mass is 35.5. The number of aromatic nitrogens is 2. The molecule has 6 rings (SSSR count). The number of rotatable bonds is 9. The first-order valence-corrected chi connectivity index (χ1v) is 19.5. The van der Waals surface area contributed by atoms with Gasteiger partial charge in [0.1, 0.15) is 11.6 Å². The summed E-state index contributed by atoms with van der Waals surface area (Å²) in [7, 11) is 0. The van der Waals surface area contributed by atoms with Gasteiger partial charge in [-0.2, -0.15) is 0 Å². The number of hydrogen-bond donors (Lipinski definition) is 0. The summed E-state index contributed by atoms with van der Waals surface area (Å²) in [5.74, 6) is 1.01. The molecule has 3 atom stereocenters. The summed E-state index contributed by atoms with van der Waals surface area (Å²) in [6.45, 7) is 17.6. The van der Waals surface area contributed by atoms with Crippen LogP contribution in [0.2, 0.25) is 5.02 Å². The third-order valence-electron chi connectivity index (χ3n) is 11.1. The van der Waals surface area contributed by atoms with E-state index >= 15 is 4.79 Å². The third kappa shape index (κ3) is 7.53. The zero-order valence-electron chi connectivity index (χ0n) is 32.4. The van der Waals surface area contributed by atoms with Gasteiger partial charge in [0.15, 0.2) is 0 Å². The quantitative estimate of drug-likeness (QED) is 0.219. The lowest BCUT2D eigenvalue weighted by Gasteiger charge is -2.49. The molecule has 1 aromatic carbocycles. The summed E-state index contributed by atoms with van der Waals surface area (Å²) in [6.07, 6.45) is 11.9. The summed E-state index contributed by atoms with van der Waals surface area (Å²) < 4.78 is 6.31. The number of aliphatic imine (C=N–C) groups is 1. The van der Waals surface area contributed by atoms with Crippen molar-refractivity contribution in [2.24, 2.45) is 10.9 Å². The van der Waals surface area contributed by atoms with Crippen LogP contribution in [0.1, 0.15) is 71.7 Å². The predicted octanol–water partition coefficient (Wildman–Crippen LogP) is 8.05. The molecule has 0 spiro atoms. The van der Waals surface area contributed by atoms with Crippen LogP contribution in [0.25, 0.3) is 0 Å². The molecule has 2 aliphatic heterocycles. The SMILES string of the molecule is CCOc1cc(C(C)(C)C)ncc1C1=N[C@@](C)(C2C=CC(Cl)=CC2)[C@@](C)(c2ccc(Cl)cc2)N1C(=O)N1CCN(CC(=O)N(CC)c2cccnc2)CC1. The Labute approximate surface area is 329 Å². The van der Waals surface area contributed by atoms with E-state index in [2.05, 4.69) is 50.6 Å². The van der Waals surface area contributed by atoms with Gasteiger partial charge in [0.05, 0.1) is 41.7 Å². The lowest BCUT2D eigenvalue weighted by atomic mass is 9.66. The van der Waals surface area contributed by atoms with Crippen LogP contribution >= 0.6 is 23.2 Å². The van der Waals surface area contributed by atoms with Gasteiger partial charge in [-0.05, 0) is 70.0 Å². The number of hydrogen-bond acceptors (Lipinski definition) is 7. The maximum Gasteiger partial charge on any atom is 0.326 e. The number of carbonyl (C=O) groups excluding carboxylic acids is 2. The number of benzene rings is 1. The summed E-state index contributed by atoms with van der Waals surface area (Å²) in [4.78, 5) is 51.1. The van der Waals surface area contributed by atoms with Crippen LogP contribution in [-0.4, -0.2) is 93.9 Å². The molecule has 1 saturated heterocycles. The lowest BCUT2D eigenvalue weighted by Crippen LogP contribution is -2.63. The molecule has 1 aliphatic carbocycles. The van der Waals surface area contributed by atoms with Gasteiger partial charge in [-0.25, -0.2) is 4.79 Å². The molecular formula is C42H51Cl2N7O3. The van der Waals surface area contributed by atoms with E-state index < -0.39 is 11.1 Å². The average molecular weight is 773 g/mol. The summed E-state index contributed by atoms with van der Waals surface area (Å²) in [5.41, 5.74) is 1.12. The highest BCUT2D eigenvalue weighted by Gasteiger charge is 2.62. The Hall–Kier alpha value is -4.25. The molecule has 12 heteroatoms. The minimum Gasteiger partial charge on any atom is -0.493 e. The first-order valence-electron chi connectivity index (χ1n) is 18.8. The van der Waals surface area contributed by atoms with Crippen molar-refractivity contribution in [2.45, 2.75) is 71.4 Å². The summed E-state index contributed by atoms with van der Waals surface area (Å²) >= 11 is 12.9. The van der Waals surface area contributed by atoms with Gasteiger partial charge >= 0.3 is 6.03 Å². The third-order valence-corrected chi connectivity index (χ3v) is 11.6. The van der Waals surface area contributed by atoms with Gasteiger partial charge in [-0.15, -0.1) is 0 Å². The largest absolute Gasteiger partial charge is 0.493 e. The number of likely N-dealkylation sites (N-methyl/N-ethyl adjacent to an activating group) is 1. The fourth-order valence-corrected chi connectivity index (χ4v) is 8.04. The van der Waals surface area contributed by atoms with Crippen molar-refractivity contribution in [1.82, 2.24) is 24.7 Å². The molecule has 0 radical (unpaired) electrons. The van der Waals surface area contributed by atoms with Gasteiger partial charge in [-0.1, -0.05) is 68.3 Å². The molecule has 0 saturated carbocycles. The van der Waals surface area contributed by atoms with Crippen molar-refractivity contribution in [3.63, 3.8) is 0 Å². The number of ether oxygens (including phenoxy) is 1. The number of halogens is 2. The van der Waals surface area contributed by atoms with Crippen molar-refractivity contribution < 1.29 is 14.3 Å². The van der Waals surface area contributed by atoms with Crippen LogP contribution in [0.5, 0.6) is 5.75 Å². The molecule has 3 amide bonds. The van der Waals surface area contributed by atoms with Crippen molar-refractivity contribution in [1.29, 1.82) is 0 Å². The second-order valence-corrected chi connectivity index (χ2v) is 16.3. The number of nitrogens with zero attached hydrogens (tertiary/aromatic N) is 7. The van der Waals surface area contributed by atoms with Crippen LogP contribution in [0.4, 0.5) is 10.5 Å². The summed E-state index contributed by atoms with van der Waals surface area (Å²) in [6, 6.07) is 13.2. The summed E-state index contributed by atoms with van der Waals surface area (Å²) in [5, 5.41) is 1.28. The van der Waals surface area contributed by atoms with Crippen LogP contribution in [-0.2, 0) is 15.7 Å². The van der Waals surface area contributed by atoms with E-state index in [4.69, 9.17) is 37.9 Å². The van der Waals surface area contributed by atoms with E-state index in [1.807, 2.05) is 78.3 Å². The maximum atomic E-state index is 15.4. The van der Waals surface area contributed by atoms with Gasteiger partial charge < -0.3 is 14.5 Å². The van der Waals surface area contributed by atoms with Crippen LogP contribution < -0.4 is 9.64 Å². The molecule has 54 heavy (non-hydrogen) atoms. The fourth-order valence-electron chi connectivity index (χ4n) is 7.75. The van der Waals surface area contributed by atoms with E-state index in [1.165, 1.54) is 0 Å². The maximum absolute atomic E-state index is 15.4. The van der Waals surface area contributed by atoms with E-state index in [0.29, 0.717) is 73.0 Å². The molecule has 1 fully saturated rings. The number of anilines is 1. The van der Waals surface area contributed by atoms with E-state index in [9.17, 15) is 4.79 Å². The minimum absolute atomic E-state index is 0.00494. The molecular weight excluding hydrogens is 721 g/mol. The molecule has 286 valence electrons. The Morgan fingerprint density at radius 1 is 1.02 bits per heavy atom. The lowest BCUT2D eigenvalue weighted by molar-refractivity contribution is -0.120. The molecule has 0 bridgehead atoms. The van der Waals surface area contributed by atoms with Crippen molar-refractivity contribution in [3.05, 3.63) is 106 Å². The van der Waals surface area contributed by atoms with Crippen molar-refractivity contribution >= 4 is 46.7 Å². The molecule has 2 aromatic heterocycles. The van der Waals surface area contributed by atoms with E-state index in [-0.39, 0.29) is 29.8 Å². The van der Waals surface area contributed by atoms with Gasteiger partial charge in [0.25, 0.3) is 0 Å². The Bertz CT molecular complexity index is 1940. The van der Waals surface area contributed by atoms with E-state index in [1.54, 1.807) is 23.5 Å². The average Bonchev–Trinajstić information content (AvgIpc) is 3.40. The fraction of sp³-hybridized carbons (Fsp3) is 0.452. The van der Waals surface area contributed by atoms with Crippen LogP contribution in [0.3, 0.4) is 0 Å².